The molecule has 100 valence electrons. The van der Waals surface area contributed by atoms with Crippen LogP contribution in [0.15, 0.2) is 54.6 Å². The fraction of sp³-hybridized carbons (Fsp3) is 0.333. The second-order valence-electron chi connectivity index (χ2n) is 4.92. The molecule has 2 rings (SSSR count). The predicted molar refractivity (Wildman–Crippen MR) is 83.5 cm³/mol. The first-order valence-electron chi connectivity index (χ1n) is 7.24. The van der Waals surface area contributed by atoms with Gasteiger partial charge < -0.3 is 5.32 Å². The van der Waals surface area contributed by atoms with E-state index in [1.165, 1.54) is 23.2 Å². The van der Waals surface area contributed by atoms with Crippen molar-refractivity contribution in [2.24, 2.45) is 0 Å². The minimum absolute atomic E-state index is 0.388. The monoisotopic (exact) mass is 253 g/mol. The summed E-state index contributed by atoms with van der Waals surface area (Å²) in [5, 5.41) is 3.70. The number of para-hydroxylation sites is 1. The highest BCUT2D eigenvalue weighted by Crippen LogP contribution is 2.25. The van der Waals surface area contributed by atoms with Gasteiger partial charge in [-0.25, -0.2) is 0 Å². The van der Waals surface area contributed by atoms with E-state index in [4.69, 9.17) is 0 Å². The summed E-state index contributed by atoms with van der Waals surface area (Å²) in [6.07, 6.45) is 3.40. The number of hydrogen-bond acceptors (Lipinski definition) is 1. The Morgan fingerprint density at radius 1 is 0.895 bits per heavy atom. The fourth-order valence-corrected chi connectivity index (χ4v) is 2.44. The van der Waals surface area contributed by atoms with Gasteiger partial charge in [0.1, 0.15) is 0 Å². The minimum atomic E-state index is 0.388. The molecule has 0 amide bonds. The van der Waals surface area contributed by atoms with Gasteiger partial charge in [0.2, 0.25) is 0 Å². The summed E-state index contributed by atoms with van der Waals surface area (Å²) >= 11 is 0. The summed E-state index contributed by atoms with van der Waals surface area (Å²) in [5.41, 5.74) is 4.05. The summed E-state index contributed by atoms with van der Waals surface area (Å²) in [6.45, 7) is 4.46. The number of aryl methyl sites for hydroxylation is 1. The highest BCUT2D eigenvalue weighted by Gasteiger charge is 2.10. The van der Waals surface area contributed by atoms with Crippen LogP contribution in [0.2, 0.25) is 0 Å². The lowest BCUT2D eigenvalue weighted by Gasteiger charge is -2.21. The molecule has 1 unspecified atom stereocenters. The van der Waals surface area contributed by atoms with E-state index >= 15 is 0 Å². The summed E-state index contributed by atoms with van der Waals surface area (Å²) in [7, 11) is 0. The molecule has 2 aromatic rings. The normalized spacial score (nSPS) is 12.1. The minimum Gasteiger partial charge on any atom is -0.378 e. The summed E-state index contributed by atoms with van der Waals surface area (Å²) in [4.78, 5) is 0. The van der Waals surface area contributed by atoms with Gasteiger partial charge in [0.05, 0.1) is 6.04 Å². The average Bonchev–Trinajstić information content (AvgIpc) is 2.47. The number of hydrogen-bond donors (Lipinski definition) is 1. The molecule has 0 aliphatic carbocycles. The van der Waals surface area contributed by atoms with Crippen LogP contribution in [0.25, 0.3) is 0 Å². The fourth-order valence-electron chi connectivity index (χ4n) is 2.44. The molecule has 0 saturated heterocycles. The Hall–Kier alpha value is -1.76. The first-order chi connectivity index (χ1) is 9.35. The molecule has 1 N–H and O–H groups in total. The Bertz CT molecular complexity index is 490. The molecule has 0 aromatic heterocycles. The lowest BCUT2D eigenvalue weighted by molar-refractivity contribution is 0.746. The molecule has 2 aromatic carbocycles. The molecule has 0 radical (unpaired) electrons. The third-order valence-corrected chi connectivity index (χ3v) is 3.48. The smallest absolute Gasteiger partial charge is 0.0511 e. The zero-order valence-electron chi connectivity index (χ0n) is 11.9. The predicted octanol–water partition coefficient (Wildman–Crippen LogP) is 5.20. The lowest BCUT2D eigenvalue weighted by Crippen LogP contribution is -2.11. The number of benzene rings is 2. The highest BCUT2D eigenvalue weighted by atomic mass is 14.9. The van der Waals surface area contributed by atoms with Gasteiger partial charge in [0, 0.05) is 5.69 Å². The largest absolute Gasteiger partial charge is 0.378 e. The molecule has 0 spiro atoms. The number of anilines is 1. The van der Waals surface area contributed by atoms with Crippen LogP contribution in [0.5, 0.6) is 0 Å². The van der Waals surface area contributed by atoms with Crippen LogP contribution < -0.4 is 5.32 Å². The van der Waals surface area contributed by atoms with Gasteiger partial charge in [-0.05, 0) is 30.0 Å². The van der Waals surface area contributed by atoms with E-state index < -0.39 is 0 Å². The quantitative estimate of drug-likeness (QED) is 0.746. The lowest BCUT2D eigenvalue weighted by atomic mass is 10.0. The van der Waals surface area contributed by atoms with Gasteiger partial charge in [0.25, 0.3) is 0 Å². The van der Waals surface area contributed by atoms with Crippen molar-refractivity contribution in [2.45, 2.75) is 39.2 Å². The summed E-state index contributed by atoms with van der Waals surface area (Å²) in [6, 6.07) is 19.7. The molecule has 1 heteroatoms. The molecule has 0 saturated carbocycles. The molecule has 1 nitrogen and oxygen atoms in total. The molecular weight excluding hydrogens is 230 g/mol. The summed E-state index contributed by atoms with van der Waals surface area (Å²) < 4.78 is 0. The Morgan fingerprint density at radius 3 is 2.26 bits per heavy atom. The van der Waals surface area contributed by atoms with E-state index in [1.54, 1.807) is 0 Å². The van der Waals surface area contributed by atoms with Crippen LogP contribution in [-0.4, -0.2) is 0 Å². The van der Waals surface area contributed by atoms with E-state index in [0.717, 1.165) is 12.8 Å². The molecule has 1 atom stereocenters. The van der Waals surface area contributed by atoms with Gasteiger partial charge >= 0.3 is 0 Å². The summed E-state index contributed by atoms with van der Waals surface area (Å²) in [5.74, 6) is 0. The Morgan fingerprint density at radius 2 is 1.58 bits per heavy atom. The van der Waals surface area contributed by atoms with Crippen molar-refractivity contribution < 1.29 is 0 Å². The van der Waals surface area contributed by atoms with E-state index in [-0.39, 0.29) is 0 Å². The van der Waals surface area contributed by atoms with Crippen molar-refractivity contribution in [1.82, 2.24) is 0 Å². The van der Waals surface area contributed by atoms with Crippen LogP contribution in [0.1, 0.15) is 43.9 Å². The van der Waals surface area contributed by atoms with Crippen molar-refractivity contribution >= 4 is 5.69 Å². The van der Waals surface area contributed by atoms with Crippen LogP contribution in [0.4, 0.5) is 5.69 Å². The maximum atomic E-state index is 3.70. The molecule has 0 bridgehead atoms. The topological polar surface area (TPSA) is 12.0 Å². The molecule has 0 fully saturated rings. The SMILES string of the molecule is CCCc1ccccc1NC(CC)c1ccccc1. The Labute approximate surface area is 116 Å². The maximum Gasteiger partial charge on any atom is 0.0511 e. The van der Waals surface area contributed by atoms with Gasteiger partial charge in [-0.2, -0.15) is 0 Å². The molecule has 0 heterocycles. The second-order valence-corrected chi connectivity index (χ2v) is 4.92. The van der Waals surface area contributed by atoms with Crippen molar-refractivity contribution in [2.75, 3.05) is 5.32 Å². The van der Waals surface area contributed by atoms with Crippen LogP contribution in [0, 0.1) is 0 Å². The van der Waals surface area contributed by atoms with Crippen LogP contribution >= 0.6 is 0 Å². The Balaban J connectivity index is 2.19. The van der Waals surface area contributed by atoms with Crippen LogP contribution in [-0.2, 0) is 6.42 Å². The van der Waals surface area contributed by atoms with Crippen LogP contribution in [0.3, 0.4) is 0 Å². The maximum absolute atomic E-state index is 3.70. The van der Waals surface area contributed by atoms with Crippen molar-refractivity contribution in [3.05, 3.63) is 65.7 Å². The van der Waals surface area contributed by atoms with Crippen molar-refractivity contribution in [3.63, 3.8) is 0 Å². The average molecular weight is 253 g/mol. The van der Waals surface area contributed by atoms with E-state index in [0.29, 0.717) is 6.04 Å². The van der Waals surface area contributed by atoms with Crippen molar-refractivity contribution in [3.8, 4) is 0 Å². The third-order valence-electron chi connectivity index (χ3n) is 3.48. The zero-order valence-corrected chi connectivity index (χ0v) is 11.9. The second kappa shape index (κ2) is 6.98. The Kier molecular flexibility index (Phi) is 5.02. The van der Waals surface area contributed by atoms with E-state index in [1.807, 2.05) is 0 Å². The van der Waals surface area contributed by atoms with Gasteiger partial charge in [-0.1, -0.05) is 68.8 Å². The third kappa shape index (κ3) is 3.60. The molecule has 19 heavy (non-hydrogen) atoms. The van der Waals surface area contributed by atoms with E-state index in [2.05, 4.69) is 73.8 Å². The zero-order chi connectivity index (χ0) is 13.5. The molecular formula is C18H23N. The molecule has 0 aliphatic heterocycles. The van der Waals surface area contributed by atoms with Crippen molar-refractivity contribution in [1.29, 1.82) is 0 Å². The number of nitrogens with one attached hydrogen (secondary N) is 1. The highest BCUT2D eigenvalue weighted by molar-refractivity contribution is 5.52. The van der Waals surface area contributed by atoms with Gasteiger partial charge in [0.15, 0.2) is 0 Å². The van der Waals surface area contributed by atoms with E-state index in [9.17, 15) is 0 Å². The standard InChI is InChI=1S/C18H23N/c1-3-10-15-13-8-9-14-18(15)19-17(4-2)16-11-6-5-7-12-16/h5-9,11-14,17,19H,3-4,10H2,1-2H3. The first-order valence-corrected chi connectivity index (χ1v) is 7.24. The number of rotatable bonds is 6. The molecule has 0 aliphatic rings. The van der Waals surface area contributed by atoms with Gasteiger partial charge in [-0.15, -0.1) is 0 Å². The first kappa shape index (κ1) is 13.7. The van der Waals surface area contributed by atoms with Gasteiger partial charge in [-0.3, -0.25) is 0 Å².